The summed E-state index contributed by atoms with van der Waals surface area (Å²) in [5.74, 6) is 0. The highest BCUT2D eigenvalue weighted by molar-refractivity contribution is 5.79. The molecule has 0 spiro atoms. The fourth-order valence-corrected chi connectivity index (χ4v) is 2.00. The molecule has 0 saturated carbocycles. The molecule has 0 amide bonds. The summed E-state index contributed by atoms with van der Waals surface area (Å²) in [6.45, 7) is 2.09. The molecule has 0 aliphatic carbocycles. The van der Waals surface area contributed by atoms with Crippen LogP contribution in [0, 0.1) is 0 Å². The molecule has 0 N–H and O–H groups in total. The van der Waals surface area contributed by atoms with Crippen LogP contribution >= 0.6 is 0 Å². The predicted molar refractivity (Wildman–Crippen MR) is 75.2 cm³/mol. The summed E-state index contributed by atoms with van der Waals surface area (Å²) < 4.78 is 2.04. The van der Waals surface area contributed by atoms with Crippen LogP contribution in [0.5, 0.6) is 0 Å². The third kappa shape index (κ3) is 2.05. The van der Waals surface area contributed by atoms with Gasteiger partial charge in [-0.3, -0.25) is 0 Å². The molecule has 0 atom stereocenters. The average molecular weight is 234 g/mol. The first-order valence-electron chi connectivity index (χ1n) is 6.00. The summed E-state index contributed by atoms with van der Waals surface area (Å²) in [6.07, 6.45) is 6.23. The molecule has 0 unspecified atom stereocenters. The maximum Gasteiger partial charge on any atom is 0.137 e. The van der Waals surface area contributed by atoms with E-state index in [9.17, 15) is 0 Å². The molecule has 2 heteroatoms. The highest BCUT2D eigenvalue weighted by Crippen LogP contribution is 2.17. The Bertz CT molecular complexity index is 660. The fourth-order valence-electron chi connectivity index (χ4n) is 2.00. The average Bonchev–Trinajstić information content (AvgIpc) is 2.84. The minimum absolute atomic E-state index is 0.980. The van der Waals surface area contributed by atoms with E-state index < -0.39 is 0 Å². The first kappa shape index (κ1) is 10.8. The van der Waals surface area contributed by atoms with Gasteiger partial charge in [-0.25, -0.2) is 4.98 Å². The monoisotopic (exact) mass is 234 g/mol. The zero-order chi connectivity index (χ0) is 12.4. The van der Waals surface area contributed by atoms with Crippen molar-refractivity contribution in [1.29, 1.82) is 0 Å². The summed E-state index contributed by atoms with van der Waals surface area (Å²) in [5.41, 5.74) is 4.37. The van der Waals surface area contributed by atoms with Gasteiger partial charge < -0.3 is 4.40 Å². The molecule has 0 fully saturated rings. The van der Waals surface area contributed by atoms with Gasteiger partial charge in [-0.2, -0.15) is 0 Å². The Kier molecular flexibility index (Phi) is 2.69. The molecule has 0 aliphatic heterocycles. The second-order valence-electron chi connectivity index (χ2n) is 4.33. The van der Waals surface area contributed by atoms with Crippen molar-refractivity contribution in [3.63, 3.8) is 0 Å². The zero-order valence-electron chi connectivity index (χ0n) is 10.2. The number of benzene rings is 1. The van der Waals surface area contributed by atoms with E-state index in [2.05, 4.69) is 36.3 Å². The summed E-state index contributed by atoms with van der Waals surface area (Å²) >= 11 is 0. The van der Waals surface area contributed by atoms with Gasteiger partial charge in [-0.15, -0.1) is 0 Å². The van der Waals surface area contributed by atoms with Crippen molar-refractivity contribution in [2.75, 3.05) is 0 Å². The predicted octanol–water partition coefficient (Wildman–Crippen LogP) is 3.89. The molecular formula is C16H14N2. The molecule has 2 aromatic heterocycles. The third-order valence-corrected chi connectivity index (χ3v) is 2.95. The summed E-state index contributed by atoms with van der Waals surface area (Å²) in [5, 5.41) is 0. The van der Waals surface area contributed by atoms with Crippen molar-refractivity contribution in [1.82, 2.24) is 9.38 Å². The molecule has 1 aromatic carbocycles. The molecule has 0 bridgehead atoms. The first-order valence-corrected chi connectivity index (χ1v) is 6.00. The molecule has 3 rings (SSSR count). The first-order chi connectivity index (χ1) is 8.83. The van der Waals surface area contributed by atoms with Crippen LogP contribution in [-0.2, 0) is 0 Å². The SMILES string of the molecule is CC(=Cc1ccccc1)c1cn2ccccc2n1. The zero-order valence-corrected chi connectivity index (χ0v) is 10.2. The van der Waals surface area contributed by atoms with E-state index in [1.54, 1.807) is 0 Å². The Morgan fingerprint density at radius 1 is 1.06 bits per heavy atom. The smallest absolute Gasteiger partial charge is 0.137 e. The van der Waals surface area contributed by atoms with Crippen molar-refractivity contribution in [3.05, 3.63) is 72.2 Å². The van der Waals surface area contributed by atoms with Gasteiger partial charge in [-0.1, -0.05) is 36.4 Å². The number of fused-ring (bicyclic) bond motifs is 1. The van der Waals surface area contributed by atoms with Crippen LogP contribution in [0.1, 0.15) is 18.2 Å². The lowest BCUT2D eigenvalue weighted by Gasteiger charge is -1.96. The molecule has 18 heavy (non-hydrogen) atoms. The van der Waals surface area contributed by atoms with Gasteiger partial charge in [0.15, 0.2) is 0 Å². The fraction of sp³-hybridized carbons (Fsp3) is 0.0625. The van der Waals surface area contributed by atoms with E-state index in [4.69, 9.17) is 0 Å². The van der Waals surface area contributed by atoms with E-state index in [0.717, 1.165) is 11.3 Å². The molecule has 88 valence electrons. The molecule has 2 nitrogen and oxygen atoms in total. The van der Waals surface area contributed by atoms with Crippen molar-refractivity contribution in [2.24, 2.45) is 0 Å². The lowest BCUT2D eigenvalue weighted by molar-refractivity contribution is 1.19. The van der Waals surface area contributed by atoms with Gasteiger partial charge >= 0.3 is 0 Å². The number of hydrogen-bond donors (Lipinski definition) is 0. The number of imidazole rings is 1. The number of rotatable bonds is 2. The highest BCUT2D eigenvalue weighted by atomic mass is 15.0. The standard InChI is InChI=1S/C16H14N2/c1-13(11-14-7-3-2-4-8-14)15-12-18-10-6-5-9-16(18)17-15/h2-12H,1H3. The second-order valence-corrected chi connectivity index (χ2v) is 4.33. The Morgan fingerprint density at radius 2 is 1.83 bits per heavy atom. The van der Waals surface area contributed by atoms with Crippen molar-refractivity contribution < 1.29 is 0 Å². The van der Waals surface area contributed by atoms with Gasteiger partial charge in [0.1, 0.15) is 5.65 Å². The van der Waals surface area contributed by atoms with Crippen molar-refractivity contribution in [3.8, 4) is 0 Å². The number of pyridine rings is 1. The van der Waals surface area contributed by atoms with Crippen LogP contribution in [-0.4, -0.2) is 9.38 Å². The largest absolute Gasteiger partial charge is 0.306 e. The Hall–Kier alpha value is -2.35. The van der Waals surface area contributed by atoms with Crippen LogP contribution in [0.4, 0.5) is 0 Å². The third-order valence-electron chi connectivity index (χ3n) is 2.95. The number of hydrogen-bond acceptors (Lipinski definition) is 1. The lowest BCUT2D eigenvalue weighted by Crippen LogP contribution is -1.79. The minimum Gasteiger partial charge on any atom is -0.306 e. The number of allylic oxidation sites excluding steroid dienone is 1. The van der Waals surface area contributed by atoms with E-state index in [-0.39, 0.29) is 0 Å². The van der Waals surface area contributed by atoms with Crippen molar-refractivity contribution >= 4 is 17.3 Å². The van der Waals surface area contributed by atoms with Gasteiger partial charge in [0.05, 0.1) is 5.69 Å². The molecule has 0 saturated heterocycles. The van der Waals surface area contributed by atoms with Crippen molar-refractivity contribution in [2.45, 2.75) is 6.92 Å². The van der Waals surface area contributed by atoms with Gasteiger partial charge in [0.2, 0.25) is 0 Å². The maximum absolute atomic E-state index is 4.60. The topological polar surface area (TPSA) is 17.3 Å². The van der Waals surface area contributed by atoms with Crippen LogP contribution < -0.4 is 0 Å². The van der Waals surface area contributed by atoms with Gasteiger partial charge in [-0.05, 0) is 36.3 Å². The van der Waals surface area contributed by atoms with Crippen LogP contribution in [0.3, 0.4) is 0 Å². The Labute approximate surface area is 106 Å². The normalized spacial score (nSPS) is 11.9. The quantitative estimate of drug-likeness (QED) is 0.657. The highest BCUT2D eigenvalue weighted by Gasteiger charge is 2.02. The summed E-state index contributed by atoms with van der Waals surface area (Å²) in [4.78, 5) is 4.60. The Morgan fingerprint density at radius 3 is 2.61 bits per heavy atom. The number of aromatic nitrogens is 2. The summed E-state index contributed by atoms with van der Waals surface area (Å²) in [6, 6.07) is 16.3. The summed E-state index contributed by atoms with van der Waals surface area (Å²) in [7, 11) is 0. The minimum atomic E-state index is 0.980. The molecule has 0 radical (unpaired) electrons. The van der Waals surface area contributed by atoms with Crippen LogP contribution in [0.15, 0.2) is 60.9 Å². The van der Waals surface area contributed by atoms with Gasteiger partial charge in [0.25, 0.3) is 0 Å². The van der Waals surface area contributed by atoms with Crippen LogP contribution in [0.25, 0.3) is 17.3 Å². The number of nitrogens with zero attached hydrogens (tertiary/aromatic N) is 2. The molecule has 0 aliphatic rings. The van der Waals surface area contributed by atoms with E-state index >= 15 is 0 Å². The maximum atomic E-state index is 4.60. The molecule has 2 heterocycles. The van der Waals surface area contributed by atoms with E-state index in [0.29, 0.717) is 0 Å². The Balaban J connectivity index is 2.01. The molecular weight excluding hydrogens is 220 g/mol. The second kappa shape index (κ2) is 4.49. The van der Waals surface area contributed by atoms with E-state index in [1.807, 2.05) is 47.0 Å². The molecule has 3 aromatic rings. The lowest BCUT2D eigenvalue weighted by atomic mass is 10.1. The van der Waals surface area contributed by atoms with Gasteiger partial charge in [0, 0.05) is 12.4 Å². The van der Waals surface area contributed by atoms with E-state index in [1.165, 1.54) is 11.1 Å². The van der Waals surface area contributed by atoms with Crippen LogP contribution in [0.2, 0.25) is 0 Å².